The van der Waals surface area contributed by atoms with Crippen molar-refractivity contribution in [3.05, 3.63) is 71.3 Å². The van der Waals surface area contributed by atoms with Crippen LogP contribution < -0.4 is 0 Å². The van der Waals surface area contributed by atoms with Gasteiger partial charge in [-0.05, 0) is 67.1 Å². The summed E-state index contributed by atoms with van der Waals surface area (Å²) < 4.78 is 0. The van der Waals surface area contributed by atoms with Gasteiger partial charge in [0.1, 0.15) is 0 Å². The van der Waals surface area contributed by atoms with Gasteiger partial charge in [-0.2, -0.15) is 10.2 Å². The van der Waals surface area contributed by atoms with Crippen molar-refractivity contribution in [2.24, 2.45) is 28.0 Å². The van der Waals surface area contributed by atoms with Crippen LogP contribution in [-0.4, -0.2) is 11.9 Å². The Labute approximate surface area is 221 Å². The van der Waals surface area contributed by atoms with Gasteiger partial charge >= 0.3 is 0 Å². The van der Waals surface area contributed by atoms with Crippen molar-refractivity contribution in [1.29, 1.82) is 0 Å². The summed E-state index contributed by atoms with van der Waals surface area (Å²) in [5.41, 5.74) is 4.97. The molecule has 3 rings (SSSR count). The molecule has 0 bridgehead atoms. The first-order valence-electron chi connectivity index (χ1n) is 15.0. The fraction of sp³-hybridized carbons (Fsp3) is 0.588. The number of nitrogens with zero attached hydrogens (tertiary/aromatic N) is 2. The molecule has 2 heteroatoms. The molecule has 0 heterocycles. The summed E-state index contributed by atoms with van der Waals surface area (Å²) in [5.74, 6) is 2.32. The molecule has 0 amide bonds. The predicted molar refractivity (Wildman–Crippen MR) is 158 cm³/mol. The van der Waals surface area contributed by atoms with Crippen LogP contribution in [0.4, 0.5) is 0 Å². The Balaban J connectivity index is 1.62. The minimum atomic E-state index is 0.514. The van der Waals surface area contributed by atoms with Gasteiger partial charge in [0.2, 0.25) is 0 Å². The normalized spacial score (nSPS) is 18.8. The maximum absolute atomic E-state index is 4.84. The van der Waals surface area contributed by atoms with Crippen LogP contribution in [-0.2, 0) is 6.42 Å². The van der Waals surface area contributed by atoms with Crippen LogP contribution >= 0.6 is 0 Å². The van der Waals surface area contributed by atoms with Crippen LogP contribution in [0.15, 0.2) is 64.8 Å². The van der Waals surface area contributed by atoms with E-state index in [-0.39, 0.29) is 0 Å². The van der Waals surface area contributed by atoms with E-state index in [0.29, 0.717) is 5.92 Å². The Kier molecular flexibility index (Phi) is 13.0. The lowest BCUT2D eigenvalue weighted by atomic mass is 9.71. The summed E-state index contributed by atoms with van der Waals surface area (Å²) >= 11 is 0. The topological polar surface area (TPSA) is 24.7 Å². The third-order valence-electron chi connectivity index (χ3n) is 8.13. The molecule has 1 aliphatic carbocycles. The predicted octanol–water partition coefficient (Wildman–Crippen LogP) is 10.0. The van der Waals surface area contributed by atoms with Crippen molar-refractivity contribution < 1.29 is 0 Å². The highest BCUT2D eigenvalue weighted by Gasteiger charge is 2.29. The standard InChI is InChI=1S/C34H50N2/c1-4-7-8-9-11-16-28-19-21-29(22-20-28)27-35-36-34(32-17-12-10-13-18-32)33-25-23-31(24-26-33)30(14-5-2)15-6-3/h10,12-13,17-22,27,30-31,33H,4-9,11,14-16,23-26H2,1-3H3. The van der Waals surface area contributed by atoms with Crippen molar-refractivity contribution in [1.82, 2.24) is 0 Å². The van der Waals surface area contributed by atoms with Crippen LogP contribution in [0.1, 0.15) is 121 Å². The smallest absolute Gasteiger partial charge is 0.0733 e. The summed E-state index contributed by atoms with van der Waals surface area (Å²) in [4.78, 5) is 0. The molecule has 0 spiro atoms. The number of benzene rings is 2. The SMILES string of the molecule is CCCCCCCc1ccc(C=NN=C(c2ccccc2)C2CCC(C(CCC)CCC)CC2)cc1. The number of aryl methyl sites for hydroxylation is 1. The fourth-order valence-electron chi connectivity index (χ4n) is 6.07. The van der Waals surface area contributed by atoms with Crippen LogP contribution in [0.5, 0.6) is 0 Å². The lowest BCUT2D eigenvalue weighted by molar-refractivity contribution is 0.206. The minimum absolute atomic E-state index is 0.514. The Morgan fingerprint density at radius 3 is 2.08 bits per heavy atom. The molecule has 2 aromatic rings. The average molecular weight is 487 g/mol. The summed E-state index contributed by atoms with van der Waals surface area (Å²) in [6.45, 7) is 6.96. The number of hydrogen-bond donors (Lipinski definition) is 0. The molecule has 0 atom stereocenters. The highest BCUT2D eigenvalue weighted by atomic mass is 15.2. The molecule has 2 nitrogen and oxygen atoms in total. The molecular formula is C34H50N2. The van der Waals surface area contributed by atoms with E-state index >= 15 is 0 Å². The highest BCUT2D eigenvalue weighted by Crippen LogP contribution is 2.38. The third kappa shape index (κ3) is 9.34. The molecule has 0 radical (unpaired) electrons. The van der Waals surface area contributed by atoms with Crippen molar-refractivity contribution >= 4 is 11.9 Å². The van der Waals surface area contributed by atoms with Gasteiger partial charge in [0.25, 0.3) is 0 Å². The Morgan fingerprint density at radius 1 is 0.778 bits per heavy atom. The Morgan fingerprint density at radius 2 is 1.44 bits per heavy atom. The van der Waals surface area contributed by atoms with Gasteiger partial charge in [0.15, 0.2) is 0 Å². The van der Waals surface area contributed by atoms with E-state index in [1.807, 2.05) is 6.21 Å². The molecular weight excluding hydrogens is 436 g/mol. The van der Waals surface area contributed by atoms with Crippen LogP contribution in [0.2, 0.25) is 0 Å². The van der Waals surface area contributed by atoms with Crippen LogP contribution in [0, 0.1) is 17.8 Å². The van der Waals surface area contributed by atoms with Crippen molar-refractivity contribution in [3.8, 4) is 0 Å². The van der Waals surface area contributed by atoms with E-state index in [9.17, 15) is 0 Å². The first-order valence-corrected chi connectivity index (χ1v) is 15.0. The van der Waals surface area contributed by atoms with Crippen LogP contribution in [0.25, 0.3) is 0 Å². The molecule has 196 valence electrons. The molecule has 36 heavy (non-hydrogen) atoms. The van der Waals surface area contributed by atoms with Gasteiger partial charge in [-0.1, -0.05) is 127 Å². The largest absolute Gasteiger partial charge is 0.158 e. The monoisotopic (exact) mass is 486 g/mol. The van der Waals surface area contributed by atoms with Gasteiger partial charge in [-0.3, -0.25) is 0 Å². The van der Waals surface area contributed by atoms with Gasteiger partial charge in [0.05, 0.1) is 11.9 Å². The maximum Gasteiger partial charge on any atom is 0.0733 e. The van der Waals surface area contributed by atoms with Crippen molar-refractivity contribution in [3.63, 3.8) is 0 Å². The number of unbranched alkanes of at least 4 members (excludes halogenated alkanes) is 4. The van der Waals surface area contributed by atoms with Gasteiger partial charge in [-0.15, -0.1) is 0 Å². The van der Waals surface area contributed by atoms with Crippen molar-refractivity contribution in [2.75, 3.05) is 0 Å². The maximum atomic E-state index is 4.84. The van der Waals surface area contributed by atoms with Gasteiger partial charge in [0, 0.05) is 5.92 Å². The van der Waals surface area contributed by atoms with Crippen LogP contribution in [0.3, 0.4) is 0 Å². The zero-order valence-corrected chi connectivity index (χ0v) is 23.3. The quantitative estimate of drug-likeness (QED) is 0.136. The lowest BCUT2D eigenvalue weighted by Crippen LogP contribution is -2.26. The second-order valence-electron chi connectivity index (χ2n) is 11.0. The average Bonchev–Trinajstić information content (AvgIpc) is 2.92. The summed E-state index contributed by atoms with van der Waals surface area (Å²) in [5, 5.41) is 9.44. The third-order valence-corrected chi connectivity index (χ3v) is 8.13. The van der Waals surface area contributed by atoms with Gasteiger partial charge in [-0.25, -0.2) is 0 Å². The molecule has 2 aromatic carbocycles. The number of rotatable bonds is 15. The second-order valence-corrected chi connectivity index (χ2v) is 11.0. The van der Waals surface area contributed by atoms with E-state index in [4.69, 9.17) is 5.10 Å². The van der Waals surface area contributed by atoms with E-state index in [0.717, 1.165) is 17.4 Å². The van der Waals surface area contributed by atoms with E-state index in [1.54, 1.807) is 0 Å². The van der Waals surface area contributed by atoms with E-state index < -0.39 is 0 Å². The Hall–Kier alpha value is -2.22. The molecule has 0 unspecified atom stereocenters. The zero-order valence-electron chi connectivity index (χ0n) is 23.3. The Bertz CT molecular complexity index is 883. The molecule has 0 N–H and O–H groups in total. The zero-order chi connectivity index (χ0) is 25.4. The van der Waals surface area contributed by atoms with Gasteiger partial charge < -0.3 is 0 Å². The number of hydrogen-bond acceptors (Lipinski definition) is 2. The first kappa shape index (κ1) is 28.4. The first-order chi connectivity index (χ1) is 17.7. The summed E-state index contributed by atoms with van der Waals surface area (Å²) in [7, 11) is 0. The molecule has 1 aliphatic rings. The van der Waals surface area contributed by atoms with E-state index in [1.165, 1.54) is 107 Å². The molecule has 0 aliphatic heterocycles. The summed E-state index contributed by atoms with van der Waals surface area (Å²) in [6, 6.07) is 19.6. The molecule has 0 saturated heterocycles. The highest BCUT2D eigenvalue weighted by molar-refractivity contribution is 6.02. The molecule has 1 saturated carbocycles. The summed E-state index contributed by atoms with van der Waals surface area (Å²) in [6.07, 6.45) is 20.3. The minimum Gasteiger partial charge on any atom is -0.158 e. The lowest BCUT2D eigenvalue weighted by Gasteiger charge is -2.34. The van der Waals surface area contributed by atoms with E-state index in [2.05, 4.69) is 80.5 Å². The fourth-order valence-corrected chi connectivity index (χ4v) is 6.07. The molecule has 1 fully saturated rings. The second kappa shape index (κ2) is 16.5. The van der Waals surface area contributed by atoms with Crippen molar-refractivity contribution in [2.45, 2.75) is 111 Å². The molecule has 0 aromatic heterocycles.